The summed E-state index contributed by atoms with van der Waals surface area (Å²) in [5.74, 6) is 0.343. The molecule has 0 fully saturated rings. The third kappa shape index (κ3) is 4.15. The van der Waals surface area contributed by atoms with E-state index >= 15 is 0 Å². The smallest absolute Gasteiger partial charge is 0.323 e. The molecular weight excluding hydrogens is 434 g/mol. The van der Waals surface area contributed by atoms with E-state index in [1.165, 1.54) is 18.2 Å². The number of rotatable bonds is 3. The van der Waals surface area contributed by atoms with Crippen molar-refractivity contribution in [1.82, 2.24) is 20.2 Å². The van der Waals surface area contributed by atoms with Gasteiger partial charge in [0, 0.05) is 22.2 Å². The normalized spacial score (nSPS) is 14.5. The van der Waals surface area contributed by atoms with Gasteiger partial charge in [0.25, 0.3) is 0 Å². The Hall–Kier alpha value is -3.49. The maximum absolute atomic E-state index is 14.1. The lowest BCUT2D eigenvalue weighted by atomic mass is 9.96. The van der Waals surface area contributed by atoms with Gasteiger partial charge in [-0.1, -0.05) is 37.1 Å². The summed E-state index contributed by atoms with van der Waals surface area (Å²) in [4.78, 5) is 9.12. The Balaban J connectivity index is 1.67. The van der Waals surface area contributed by atoms with Crippen LogP contribution in [0, 0.1) is 5.82 Å². The van der Waals surface area contributed by atoms with Gasteiger partial charge in [-0.05, 0) is 43.9 Å². The number of benzene rings is 2. The Morgan fingerprint density at radius 2 is 1.64 bits per heavy atom. The number of halogens is 4. The van der Waals surface area contributed by atoms with Crippen LogP contribution in [0.1, 0.15) is 42.5 Å². The summed E-state index contributed by atoms with van der Waals surface area (Å²) in [5, 5.41) is 10.6. The first-order chi connectivity index (χ1) is 15.9. The standard InChI is InChI=1S/C24H21F4N5/c25-18-12-7-10-16-20(18)32-33-23(16)31-22-15-9-3-1-2-4-13-19(15)29-21(30-22)14-8-5-6-11-17(14)24(26,27)28/h5-8,10-12H,1-4,9,13H2,(H2,29,30,31,32,33). The van der Waals surface area contributed by atoms with Crippen molar-refractivity contribution in [3.05, 3.63) is 65.1 Å². The minimum Gasteiger partial charge on any atom is -0.323 e. The molecule has 0 radical (unpaired) electrons. The number of nitrogens with zero attached hydrogens (tertiary/aromatic N) is 3. The predicted molar refractivity (Wildman–Crippen MR) is 118 cm³/mol. The summed E-state index contributed by atoms with van der Waals surface area (Å²) in [6.45, 7) is 0. The van der Waals surface area contributed by atoms with E-state index in [1.807, 2.05) is 0 Å². The molecule has 1 aliphatic rings. The molecule has 5 nitrogen and oxygen atoms in total. The lowest BCUT2D eigenvalue weighted by Crippen LogP contribution is -2.13. The largest absolute Gasteiger partial charge is 0.417 e. The van der Waals surface area contributed by atoms with Crippen molar-refractivity contribution in [2.75, 3.05) is 5.32 Å². The first-order valence-electron chi connectivity index (χ1n) is 10.9. The molecule has 0 saturated heterocycles. The molecule has 0 saturated carbocycles. The van der Waals surface area contributed by atoms with E-state index in [0.717, 1.165) is 43.0 Å². The van der Waals surface area contributed by atoms with E-state index in [9.17, 15) is 17.6 Å². The van der Waals surface area contributed by atoms with Crippen LogP contribution in [0.3, 0.4) is 0 Å². The second kappa shape index (κ2) is 8.46. The molecule has 5 rings (SSSR count). The molecule has 2 heterocycles. The highest BCUT2D eigenvalue weighted by molar-refractivity contribution is 5.91. The molecule has 0 spiro atoms. The van der Waals surface area contributed by atoms with Crippen molar-refractivity contribution >= 4 is 22.5 Å². The Labute approximate surface area is 187 Å². The van der Waals surface area contributed by atoms with E-state index in [2.05, 4.69) is 25.5 Å². The van der Waals surface area contributed by atoms with E-state index in [4.69, 9.17) is 0 Å². The van der Waals surface area contributed by atoms with E-state index < -0.39 is 17.6 Å². The van der Waals surface area contributed by atoms with Crippen LogP contribution in [-0.4, -0.2) is 20.2 Å². The molecule has 0 unspecified atom stereocenters. The van der Waals surface area contributed by atoms with Crippen molar-refractivity contribution in [3.63, 3.8) is 0 Å². The van der Waals surface area contributed by atoms with Gasteiger partial charge >= 0.3 is 6.18 Å². The summed E-state index contributed by atoms with van der Waals surface area (Å²) in [6, 6.07) is 9.94. The monoisotopic (exact) mass is 455 g/mol. The molecule has 2 N–H and O–H groups in total. The van der Waals surface area contributed by atoms with Gasteiger partial charge < -0.3 is 5.32 Å². The van der Waals surface area contributed by atoms with Crippen LogP contribution in [0.2, 0.25) is 0 Å². The van der Waals surface area contributed by atoms with Gasteiger partial charge in [-0.25, -0.2) is 14.4 Å². The molecule has 9 heteroatoms. The molecule has 1 aliphatic carbocycles. The molecule has 2 aromatic heterocycles. The topological polar surface area (TPSA) is 66.5 Å². The SMILES string of the molecule is Fc1cccc2c(Nc3nc(-c4ccccc4C(F)(F)F)nc4c3CCCCCC4)n[nH]c12. The van der Waals surface area contributed by atoms with Gasteiger partial charge in [0.05, 0.1) is 5.56 Å². The fourth-order valence-corrected chi connectivity index (χ4v) is 4.31. The average molecular weight is 455 g/mol. The summed E-state index contributed by atoms with van der Waals surface area (Å²) in [7, 11) is 0. The number of aryl methyl sites for hydroxylation is 1. The average Bonchev–Trinajstić information content (AvgIpc) is 3.18. The molecule has 33 heavy (non-hydrogen) atoms. The number of hydrogen-bond donors (Lipinski definition) is 2. The summed E-state index contributed by atoms with van der Waals surface area (Å²) in [6.07, 6.45) is 0.769. The van der Waals surface area contributed by atoms with Crippen LogP contribution >= 0.6 is 0 Å². The number of anilines is 2. The minimum absolute atomic E-state index is 0.00997. The molecule has 0 amide bonds. The first-order valence-corrected chi connectivity index (χ1v) is 10.9. The van der Waals surface area contributed by atoms with Crippen molar-refractivity contribution < 1.29 is 17.6 Å². The van der Waals surface area contributed by atoms with Crippen molar-refractivity contribution in [3.8, 4) is 11.4 Å². The second-order valence-corrected chi connectivity index (χ2v) is 8.14. The number of fused-ring (bicyclic) bond motifs is 2. The van der Waals surface area contributed by atoms with Crippen LogP contribution < -0.4 is 5.32 Å². The van der Waals surface area contributed by atoms with E-state index in [0.29, 0.717) is 29.9 Å². The van der Waals surface area contributed by atoms with Gasteiger partial charge in [0.2, 0.25) is 0 Å². The first kappa shape index (κ1) is 21.4. The van der Waals surface area contributed by atoms with Gasteiger partial charge in [-0.15, -0.1) is 0 Å². The Morgan fingerprint density at radius 3 is 2.45 bits per heavy atom. The molecule has 2 aromatic carbocycles. The van der Waals surface area contributed by atoms with Crippen LogP contribution in [0.25, 0.3) is 22.3 Å². The molecule has 170 valence electrons. The summed E-state index contributed by atoms with van der Waals surface area (Å²) >= 11 is 0. The third-order valence-electron chi connectivity index (χ3n) is 5.94. The van der Waals surface area contributed by atoms with Gasteiger partial charge in [0.1, 0.15) is 17.2 Å². The van der Waals surface area contributed by atoms with E-state index in [-0.39, 0.29) is 16.9 Å². The zero-order chi connectivity index (χ0) is 23.0. The van der Waals surface area contributed by atoms with Gasteiger partial charge in [-0.3, -0.25) is 5.10 Å². The maximum Gasteiger partial charge on any atom is 0.417 e. The molecular formula is C24H21F4N5. The molecule has 0 atom stereocenters. The molecule has 0 aliphatic heterocycles. The Bertz CT molecular complexity index is 1310. The summed E-state index contributed by atoms with van der Waals surface area (Å²) < 4.78 is 55.2. The highest BCUT2D eigenvalue weighted by atomic mass is 19.4. The fourth-order valence-electron chi connectivity index (χ4n) is 4.31. The Kier molecular flexibility index (Phi) is 5.47. The van der Waals surface area contributed by atoms with Crippen LogP contribution in [0.4, 0.5) is 29.2 Å². The van der Waals surface area contributed by atoms with Crippen molar-refractivity contribution in [2.45, 2.75) is 44.7 Å². The van der Waals surface area contributed by atoms with Crippen LogP contribution in [0.15, 0.2) is 42.5 Å². The van der Waals surface area contributed by atoms with Crippen LogP contribution in [-0.2, 0) is 19.0 Å². The summed E-state index contributed by atoms with van der Waals surface area (Å²) in [5.41, 5.74) is 1.00. The number of alkyl halides is 3. The fraction of sp³-hybridized carbons (Fsp3) is 0.292. The number of aromatic amines is 1. The lowest BCUT2D eigenvalue weighted by Gasteiger charge is -2.19. The van der Waals surface area contributed by atoms with Gasteiger partial charge in [0.15, 0.2) is 11.6 Å². The zero-order valence-electron chi connectivity index (χ0n) is 17.6. The number of para-hydroxylation sites is 1. The second-order valence-electron chi connectivity index (χ2n) is 8.14. The number of nitrogens with one attached hydrogen (secondary N) is 2. The third-order valence-corrected chi connectivity index (χ3v) is 5.94. The highest BCUT2D eigenvalue weighted by Gasteiger charge is 2.34. The highest BCUT2D eigenvalue weighted by Crippen LogP contribution is 2.38. The quantitative estimate of drug-likeness (QED) is 0.343. The van der Waals surface area contributed by atoms with Crippen molar-refractivity contribution in [1.29, 1.82) is 0 Å². The molecule has 4 aromatic rings. The van der Waals surface area contributed by atoms with E-state index in [1.54, 1.807) is 18.2 Å². The molecule has 0 bridgehead atoms. The van der Waals surface area contributed by atoms with Crippen LogP contribution in [0.5, 0.6) is 0 Å². The number of hydrogen-bond acceptors (Lipinski definition) is 4. The number of aromatic nitrogens is 4. The predicted octanol–water partition coefficient (Wildman–Crippen LogP) is 6.58. The van der Waals surface area contributed by atoms with Crippen molar-refractivity contribution in [2.24, 2.45) is 0 Å². The maximum atomic E-state index is 14.1. The van der Waals surface area contributed by atoms with Gasteiger partial charge in [-0.2, -0.15) is 18.3 Å². The Morgan fingerprint density at radius 1 is 0.848 bits per heavy atom. The lowest BCUT2D eigenvalue weighted by molar-refractivity contribution is -0.137. The zero-order valence-corrected chi connectivity index (χ0v) is 17.6. The number of H-pyrrole nitrogens is 1. The minimum atomic E-state index is -4.53.